The van der Waals surface area contributed by atoms with Crippen LogP contribution in [0.1, 0.15) is 30.5 Å². The number of hydrogen-bond acceptors (Lipinski definition) is 3. The lowest BCUT2D eigenvalue weighted by Crippen LogP contribution is -2.06. The molecule has 3 atom stereocenters. The molecule has 1 saturated heterocycles. The summed E-state index contributed by atoms with van der Waals surface area (Å²) >= 11 is 0. The van der Waals surface area contributed by atoms with Crippen molar-refractivity contribution in [3.05, 3.63) is 66.0 Å². The number of benzene rings is 1. The summed E-state index contributed by atoms with van der Waals surface area (Å²) in [7, 11) is 0. The highest BCUT2D eigenvalue weighted by Gasteiger charge is 2.43. The molecule has 0 radical (unpaired) electrons. The minimum absolute atomic E-state index is 0.00593. The molecule has 86 valence electrons. The Morgan fingerprint density at radius 3 is 2.59 bits per heavy atom. The van der Waals surface area contributed by atoms with E-state index in [1.807, 2.05) is 41.5 Å². The van der Waals surface area contributed by atoms with Crippen molar-refractivity contribution in [3.63, 3.8) is 0 Å². The average Bonchev–Trinajstić information content (AvgIpc) is 3.20. The van der Waals surface area contributed by atoms with Gasteiger partial charge in [-0.1, -0.05) is 36.4 Å². The maximum atomic E-state index is 5.59. The fraction of sp³-hybridized carbons (Fsp3) is 0.214. The average molecular weight is 226 g/mol. The third-order valence-corrected chi connectivity index (χ3v) is 3.01. The molecule has 0 spiro atoms. The maximum absolute atomic E-state index is 5.59. The zero-order chi connectivity index (χ0) is 11.7. The van der Waals surface area contributed by atoms with Crippen LogP contribution in [0.2, 0.25) is 0 Å². The Morgan fingerprint density at radius 1 is 1.12 bits per heavy atom. The highest BCUT2D eigenvalue weighted by Crippen LogP contribution is 2.43. The van der Waals surface area contributed by atoms with E-state index in [2.05, 4.69) is 24.0 Å². The van der Waals surface area contributed by atoms with Crippen molar-refractivity contribution in [2.24, 2.45) is 0 Å². The Bertz CT molecular complexity index is 486. The molecule has 1 fully saturated rings. The van der Waals surface area contributed by atoms with E-state index >= 15 is 0 Å². The van der Waals surface area contributed by atoms with Gasteiger partial charge in [0.25, 0.3) is 0 Å². The first-order valence-corrected chi connectivity index (χ1v) is 5.77. The van der Waals surface area contributed by atoms with Gasteiger partial charge in [0.2, 0.25) is 0 Å². The molecule has 0 amide bonds. The van der Waals surface area contributed by atoms with E-state index in [-0.39, 0.29) is 12.3 Å². The van der Waals surface area contributed by atoms with Crippen LogP contribution in [-0.4, -0.2) is 10.0 Å². The number of aromatic nitrogens is 1. The molecule has 1 aliphatic heterocycles. The summed E-state index contributed by atoms with van der Waals surface area (Å²) in [5.41, 5.74) is 2.22. The van der Waals surface area contributed by atoms with Gasteiger partial charge in [0.1, 0.15) is 0 Å². The summed E-state index contributed by atoms with van der Waals surface area (Å²) in [5, 5.41) is 1.97. The maximum Gasteiger partial charge on any atom is 0.197 e. The van der Waals surface area contributed by atoms with E-state index in [0.717, 1.165) is 5.69 Å². The van der Waals surface area contributed by atoms with Crippen LogP contribution in [0.4, 0.5) is 0 Å². The molecule has 2 heterocycles. The molecule has 3 rings (SSSR count). The second-order valence-electron chi connectivity index (χ2n) is 4.16. The van der Waals surface area contributed by atoms with Crippen LogP contribution < -0.4 is 0 Å². The first-order valence-electron chi connectivity index (χ1n) is 5.77. The molecule has 1 aromatic carbocycles. The van der Waals surface area contributed by atoms with Crippen LogP contribution in [0, 0.1) is 0 Å². The zero-order valence-electron chi connectivity index (χ0n) is 9.65. The molecule has 0 aliphatic carbocycles. The van der Waals surface area contributed by atoms with Crippen molar-refractivity contribution < 1.29 is 4.84 Å². The van der Waals surface area contributed by atoms with E-state index in [4.69, 9.17) is 4.84 Å². The van der Waals surface area contributed by atoms with Crippen molar-refractivity contribution in [2.45, 2.75) is 19.2 Å². The van der Waals surface area contributed by atoms with Gasteiger partial charge in [0, 0.05) is 6.20 Å². The molecule has 1 unspecified atom stereocenters. The van der Waals surface area contributed by atoms with Gasteiger partial charge in [-0.05, 0) is 24.6 Å². The SMILES string of the molecule is C[C@@H](c1ccccc1)N1O[C@@H]1c1ccccn1. The van der Waals surface area contributed by atoms with E-state index in [1.54, 1.807) is 6.20 Å². The predicted octanol–water partition coefficient (Wildman–Crippen LogP) is 3.09. The molecule has 3 heteroatoms. The van der Waals surface area contributed by atoms with E-state index in [9.17, 15) is 0 Å². The largest absolute Gasteiger partial charge is 0.268 e. The molecular weight excluding hydrogens is 212 g/mol. The molecule has 1 aliphatic rings. The minimum atomic E-state index is 0.00593. The van der Waals surface area contributed by atoms with Gasteiger partial charge in [0.15, 0.2) is 6.23 Å². The second-order valence-corrected chi connectivity index (χ2v) is 4.16. The van der Waals surface area contributed by atoms with Crippen LogP contribution in [-0.2, 0) is 4.84 Å². The van der Waals surface area contributed by atoms with Gasteiger partial charge in [-0.3, -0.25) is 9.82 Å². The summed E-state index contributed by atoms with van der Waals surface area (Å²) in [6, 6.07) is 16.5. The molecule has 3 nitrogen and oxygen atoms in total. The lowest BCUT2D eigenvalue weighted by Gasteiger charge is -2.09. The second kappa shape index (κ2) is 4.28. The van der Waals surface area contributed by atoms with Crippen LogP contribution in [0.15, 0.2) is 54.7 Å². The monoisotopic (exact) mass is 226 g/mol. The Labute approximate surface area is 101 Å². The lowest BCUT2D eigenvalue weighted by molar-refractivity contribution is 0.155. The Morgan fingerprint density at radius 2 is 1.88 bits per heavy atom. The number of hydrogen-bond donors (Lipinski definition) is 0. The topological polar surface area (TPSA) is 28.4 Å². The van der Waals surface area contributed by atoms with Crippen molar-refractivity contribution >= 4 is 0 Å². The first kappa shape index (κ1) is 10.4. The van der Waals surface area contributed by atoms with Crippen LogP contribution in [0.25, 0.3) is 0 Å². The van der Waals surface area contributed by atoms with E-state index in [0.29, 0.717) is 0 Å². The standard InChI is InChI=1S/C14H14N2O/c1-11(12-7-3-2-4-8-12)16-14(17-16)13-9-5-6-10-15-13/h2-11,14H,1H3/t11-,14+,16?/m0/s1. The summed E-state index contributed by atoms with van der Waals surface area (Å²) in [5.74, 6) is 0. The highest BCUT2D eigenvalue weighted by atomic mass is 16.8. The smallest absolute Gasteiger partial charge is 0.197 e. The van der Waals surface area contributed by atoms with Gasteiger partial charge in [-0.2, -0.15) is 0 Å². The quantitative estimate of drug-likeness (QED) is 0.753. The fourth-order valence-corrected chi connectivity index (χ4v) is 1.97. The molecule has 1 aromatic heterocycles. The van der Waals surface area contributed by atoms with Gasteiger partial charge < -0.3 is 0 Å². The third-order valence-electron chi connectivity index (χ3n) is 3.01. The summed E-state index contributed by atoms with van der Waals surface area (Å²) in [6.07, 6.45) is 1.80. The fourth-order valence-electron chi connectivity index (χ4n) is 1.97. The number of pyridine rings is 1. The van der Waals surface area contributed by atoms with Crippen molar-refractivity contribution in [3.8, 4) is 0 Å². The molecule has 2 aromatic rings. The Kier molecular flexibility index (Phi) is 2.63. The van der Waals surface area contributed by atoms with Crippen LogP contribution in [0.5, 0.6) is 0 Å². The normalized spacial score (nSPS) is 24.3. The van der Waals surface area contributed by atoms with Crippen LogP contribution in [0.3, 0.4) is 0 Å². The lowest BCUT2D eigenvalue weighted by atomic mass is 10.1. The summed E-state index contributed by atoms with van der Waals surface area (Å²) in [6.45, 7) is 2.14. The molecule has 0 bridgehead atoms. The van der Waals surface area contributed by atoms with E-state index < -0.39 is 0 Å². The van der Waals surface area contributed by atoms with Crippen LogP contribution >= 0.6 is 0 Å². The predicted molar refractivity (Wildman–Crippen MR) is 64.8 cm³/mol. The number of hydroxylamine groups is 2. The van der Waals surface area contributed by atoms with Crippen molar-refractivity contribution in [1.29, 1.82) is 0 Å². The molecule has 17 heavy (non-hydrogen) atoms. The minimum Gasteiger partial charge on any atom is -0.268 e. The summed E-state index contributed by atoms with van der Waals surface area (Å²) < 4.78 is 0. The van der Waals surface area contributed by atoms with Gasteiger partial charge in [-0.25, -0.2) is 0 Å². The van der Waals surface area contributed by atoms with Crippen molar-refractivity contribution in [2.75, 3.05) is 0 Å². The number of nitrogens with zero attached hydrogens (tertiary/aromatic N) is 2. The van der Waals surface area contributed by atoms with Crippen molar-refractivity contribution in [1.82, 2.24) is 10.0 Å². The number of rotatable bonds is 3. The third kappa shape index (κ3) is 2.07. The molecular formula is C14H14N2O. The summed E-state index contributed by atoms with van der Waals surface area (Å²) in [4.78, 5) is 9.89. The zero-order valence-corrected chi connectivity index (χ0v) is 9.65. The van der Waals surface area contributed by atoms with E-state index in [1.165, 1.54) is 5.56 Å². The first-order chi connectivity index (χ1) is 8.36. The van der Waals surface area contributed by atoms with Gasteiger partial charge >= 0.3 is 0 Å². The molecule has 0 N–H and O–H groups in total. The Hall–Kier alpha value is -1.71. The highest BCUT2D eigenvalue weighted by molar-refractivity contribution is 5.19. The Balaban J connectivity index is 1.73. The molecule has 0 saturated carbocycles. The van der Waals surface area contributed by atoms with Gasteiger partial charge in [-0.15, -0.1) is 5.06 Å². The van der Waals surface area contributed by atoms with Gasteiger partial charge in [0.05, 0.1) is 11.7 Å².